The van der Waals surface area contributed by atoms with Gasteiger partial charge in [0.2, 0.25) is 0 Å². The summed E-state index contributed by atoms with van der Waals surface area (Å²) in [5.74, 6) is 1.65. The number of hydrogen-bond acceptors (Lipinski definition) is 1. The van der Waals surface area contributed by atoms with E-state index >= 15 is 0 Å². The van der Waals surface area contributed by atoms with Gasteiger partial charge in [0.05, 0.1) is 6.61 Å². The van der Waals surface area contributed by atoms with Crippen LogP contribution in [-0.4, -0.2) is 12.5 Å². The fourth-order valence-electron chi connectivity index (χ4n) is 1.77. The average molecular weight is 223 g/mol. The topological polar surface area (TPSA) is 9.23 Å². The minimum Gasteiger partial charge on any atom is -0.493 e. The Labute approximate surface area is 95.7 Å². The second kappa shape index (κ2) is 4.71. The van der Waals surface area contributed by atoms with Crippen LogP contribution in [-0.2, 0) is 6.42 Å². The average Bonchev–Trinajstić information content (AvgIpc) is 2.73. The maximum absolute atomic E-state index is 5.84. The van der Waals surface area contributed by atoms with Gasteiger partial charge in [-0.05, 0) is 29.7 Å². The van der Waals surface area contributed by atoms with Gasteiger partial charge in [-0.25, -0.2) is 0 Å². The molecule has 2 heteroatoms. The number of allylic oxidation sites excluding steroid dienone is 1. The van der Waals surface area contributed by atoms with E-state index in [1.807, 2.05) is 0 Å². The van der Waals surface area contributed by atoms with E-state index in [9.17, 15) is 0 Å². The summed E-state index contributed by atoms with van der Waals surface area (Å²) in [7, 11) is 0. The summed E-state index contributed by atoms with van der Waals surface area (Å²) in [6.07, 6.45) is 4.21. The van der Waals surface area contributed by atoms with Crippen LogP contribution in [0.5, 0.6) is 5.75 Å². The molecule has 0 saturated heterocycles. The fourth-order valence-corrected chi connectivity index (χ4v) is 2.03. The molecule has 0 radical (unpaired) electrons. The van der Waals surface area contributed by atoms with Gasteiger partial charge in [0, 0.05) is 12.3 Å². The molecular weight excluding hydrogens is 208 g/mol. The second-order valence-electron chi connectivity index (χ2n) is 3.76. The smallest absolute Gasteiger partial charge is 0.122 e. The second-order valence-corrected chi connectivity index (χ2v) is 4.02. The number of halogens is 1. The Morgan fingerprint density at radius 2 is 2.40 bits per heavy atom. The van der Waals surface area contributed by atoms with Crippen LogP contribution in [0.3, 0.4) is 0 Å². The maximum Gasteiger partial charge on any atom is 0.122 e. The van der Waals surface area contributed by atoms with Crippen molar-refractivity contribution in [2.45, 2.75) is 19.8 Å². The van der Waals surface area contributed by atoms with E-state index in [2.05, 4.69) is 31.2 Å². The quantitative estimate of drug-likeness (QED) is 0.710. The van der Waals surface area contributed by atoms with E-state index in [-0.39, 0.29) is 0 Å². The first-order valence-electron chi connectivity index (χ1n) is 5.34. The predicted molar refractivity (Wildman–Crippen MR) is 64.6 cm³/mol. The third kappa shape index (κ3) is 2.35. The number of rotatable bonds is 3. The van der Waals surface area contributed by atoms with E-state index in [1.54, 1.807) is 0 Å². The molecule has 0 unspecified atom stereocenters. The summed E-state index contributed by atoms with van der Waals surface area (Å²) < 4.78 is 5.46. The van der Waals surface area contributed by atoms with Crippen LogP contribution in [0, 0.1) is 0 Å². The Bertz CT molecular complexity index is 376. The SMILES string of the molecule is CCC(=Cc1ccc2c(c1)CCO2)CCl. The van der Waals surface area contributed by atoms with Gasteiger partial charge in [0.25, 0.3) is 0 Å². The lowest BCUT2D eigenvalue weighted by Gasteiger charge is -2.02. The van der Waals surface area contributed by atoms with E-state index < -0.39 is 0 Å². The van der Waals surface area contributed by atoms with Crippen molar-refractivity contribution in [2.24, 2.45) is 0 Å². The maximum atomic E-state index is 5.84. The van der Waals surface area contributed by atoms with Gasteiger partial charge in [-0.1, -0.05) is 24.6 Å². The summed E-state index contributed by atoms with van der Waals surface area (Å²) in [6, 6.07) is 6.34. The van der Waals surface area contributed by atoms with Crippen LogP contribution in [0.25, 0.3) is 6.08 Å². The zero-order valence-electron chi connectivity index (χ0n) is 8.92. The molecule has 0 aromatic heterocycles. The van der Waals surface area contributed by atoms with Crippen LogP contribution >= 0.6 is 11.6 Å². The molecule has 1 heterocycles. The highest BCUT2D eigenvalue weighted by Gasteiger charge is 2.11. The molecule has 1 nitrogen and oxygen atoms in total. The summed E-state index contributed by atoms with van der Waals surface area (Å²) in [6.45, 7) is 2.95. The number of ether oxygens (including phenoxy) is 1. The van der Waals surface area contributed by atoms with Crippen LogP contribution in [0.4, 0.5) is 0 Å². The van der Waals surface area contributed by atoms with Crippen molar-refractivity contribution in [1.82, 2.24) is 0 Å². The van der Waals surface area contributed by atoms with Crippen molar-refractivity contribution in [1.29, 1.82) is 0 Å². The largest absolute Gasteiger partial charge is 0.493 e. The van der Waals surface area contributed by atoms with Crippen molar-refractivity contribution >= 4 is 17.7 Å². The highest BCUT2D eigenvalue weighted by Crippen LogP contribution is 2.26. The number of fused-ring (bicyclic) bond motifs is 1. The molecule has 1 aliphatic rings. The van der Waals surface area contributed by atoms with Crippen LogP contribution < -0.4 is 4.74 Å². The Morgan fingerprint density at radius 1 is 1.53 bits per heavy atom. The van der Waals surface area contributed by atoms with Gasteiger partial charge in [0.1, 0.15) is 5.75 Å². The highest BCUT2D eigenvalue weighted by atomic mass is 35.5. The molecule has 1 aliphatic heterocycles. The molecule has 0 spiro atoms. The van der Waals surface area contributed by atoms with Gasteiger partial charge in [-0.15, -0.1) is 11.6 Å². The lowest BCUT2D eigenvalue weighted by molar-refractivity contribution is 0.357. The van der Waals surface area contributed by atoms with Gasteiger partial charge in [0.15, 0.2) is 0 Å². The van der Waals surface area contributed by atoms with E-state index in [0.717, 1.165) is 25.2 Å². The molecule has 2 rings (SSSR count). The van der Waals surface area contributed by atoms with Crippen LogP contribution in [0.1, 0.15) is 24.5 Å². The molecule has 80 valence electrons. The third-order valence-electron chi connectivity index (χ3n) is 2.71. The number of alkyl halides is 1. The Kier molecular flexibility index (Phi) is 3.32. The summed E-state index contributed by atoms with van der Waals surface area (Å²) in [5.41, 5.74) is 3.82. The first kappa shape index (κ1) is 10.6. The molecule has 1 aromatic carbocycles. The van der Waals surface area contributed by atoms with Gasteiger partial charge < -0.3 is 4.74 Å². The predicted octanol–water partition coefficient (Wildman–Crippen LogP) is 3.65. The summed E-state index contributed by atoms with van der Waals surface area (Å²) >= 11 is 5.84. The minimum atomic E-state index is 0.615. The molecule has 0 N–H and O–H groups in total. The zero-order chi connectivity index (χ0) is 10.7. The molecule has 0 saturated carbocycles. The fraction of sp³-hybridized carbons (Fsp3) is 0.385. The van der Waals surface area contributed by atoms with E-state index in [0.29, 0.717) is 5.88 Å². The van der Waals surface area contributed by atoms with Gasteiger partial charge in [-0.3, -0.25) is 0 Å². The summed E-state index contributed by atoms with van der Waals surface area (Å²) in [5, 5.41) is 0. The van der Waals surface area contributed by atoms with E-state index in [1.165, 1.54) is 16.7 Å². The van der Waals surface area contributed by atoms with Crippen molar-refractivity contribution in [2.75, 3.05) is 12.5 Å². The monoisotopic (exact) mass is 222 g/mol. The van der Waals surface area contributed by atoms with Crippen LogP contribution in [0.2, 0.25) is 0 Å². The first-order chi connectivity index (χ1) is 7.33. The van der Waals surface area contributed by atoms with Gasteiger partial charge >= 0.3 is 0 Å². The van der Waals surface area contributed by atoms with Crippen molar-refractivity contribution in [3.8, 4) is 5.75 Å². The van der Waals surface area contributed by atoms with Crippen molar-refractivity contribution in [3.63, 3.8) is 0 Å². The molecule has 0 bridgehead atoms. The lowest BCUT2D eigenvalue weighted by Crippen LogP contribution is -1.85. The highest BCUT2D eigenvalue weighted by molar-refractivity contribution is 6.19. The third-order valence-corrected chi connectivity index (χ3v) is 3.05. The molecular formula is C13H15ClO. The van der Waals surface area contributed by atoms with Crippen LogP contribution in [0.15, 0.2) is 23.8 Å². The molecule has 0 amide bonds. The van der Waals surface area contributed by atoms with E-state index in [4.69, 9.17) is 16.3 Å². The summed E-state index contributed by atoms with van der Waals surface area (Å²) in [4.78, 5) is 0. The zero-order valence-corrected chi connectivity index (χ0v) is 9.68. The van der Waals surface area contributed by atoms with Gasteiger partial charge in [-0.2, -0.15) is 0 Å². The molecule has 0 aliphatic carbocycles. The molecule has 0 atom stereocenters. The molecule has 15 heavy (non-hydrogen) atoms. The lowest BCUT2D eigenvalue weighted by atomic mass is 10.1. The number of hydrogen-bond donors (Lipinski definition) is 0. The standard InChI is InChI=1S/C13H15ClO/c1-2-10(9-14)7-11-3-4-13-12(8-11)5-6-15-13/h3-4,7-8H,2,5-6,9H2,1H3. The minimum absolute atomic E-state index is 0.615. The normalized spacial score (nSPS) is 14.9. The van der Waals surface area contributed by atoms with Crippen molar-refractivity contribution < 1.29 is 4.74 Å². The number of benzene rings is 1. The Morgan fingerprint density at radius 3 is 3.13 bits per heavy atom. The first-order valence-corrected chi connectivity index (χ1v) is 5.88. The molecule has 0 fully saturated rings. The molecule has 1 aromatic rings. The van der Waals surface area contributed by atoms with Crippen molar-refractivity contribution in [3.05, 3.63) is 34.9 Å². The Hall–Kier alpha value is -0.950. The Balaban J connectivity index is 2.26.